The molecule has 4 saturated heterocycles. The molecule has 0 unspecified atom stereocenters. The Morgan fingerprint density at radius 2 is 0.857 bits per heavy atom. The number of benzene rings is 3. The average molecular weight is 1070 g/mol. The van der Waals surface area contributed by atoms with Crippen molar-refractivity contribution in [3.05, 3.63) is 108 Å². The molecular weight excluding hydrogens is 1010 g/mol. The number of carbonyl (C=O) groups is 11. The number of carboxylic acid groups (broad SMARTS) is 1. The van der Waals surface area contributed by atoms with Crippen LogP contribution in [0.2, 0.25) is 0 Å². The highest BCUT2D eigenvalue weighted by molar-refractivity contribution is 5.92. The van der Waals surface area contributed by atoms with Crippen molar-refractivity contribution in [1.82, 2.24) is 14.7 Å². The van der Waals surface area contributed by atoms with Crippen LogP contribution in [0.4, 0.5) is 14.4 Å². The number of cyclic esters (lactones) is 2. The summed E-state index contributed by atoms with van der Waals surface area (Å²) in [6.07, 6.45) is 2.05. The number of amides is 3. The second-order valence-corrected chi connectivity index (χ2v) is 18.1. The number of Topliss-reactive ketones (excluding diaryl/α,β-unsaturated/α-hetero) is 1. The van der Waals surface area contributed by atoms with Crippen molar-refractivity contribution in [2.75, 3.05) is 39.3 Å². The predicted molar refractivity (Wildman–Crippen MR) is 270 cm³/mol. The normalized spacial score (nSPS) is 15.6. The molecule has 3 amide bonds. The van der Waals surface area contributed by atoms with Gasteiger partial charge in [-0.15, -0.1) is 0 Å². The van der Waals surface area contributed by atoms with E-state index in [1.807, 2.05) is 91.0 Å². The van der Waals surface area contributed by atoms with Crippen LogP contribution in [0, 0.1) is 5.92 Å². The first-order chi connectivity index (χ1) is 37.1. The molecule has 77 heavy (non-hydrogen) atoms. The number of piperidine rings is 3. The van der Waals surface area contributed by atoms with Crippen LogP contribution in [0.1, 0.15) is 100 Å². The number of rotatable bonds is 18. The van der Waals surface area contributed by atoms with Gasteiger partial charge >= 0.3 is 48.1 Å². The molecule has 416 valence electrons. The summed E-state index contributed by atoms with van der Waals surface area (Å²) in [4.78, 5) is 127. The molecule has 0 aliphatic carbocycles. The summed E-state index contributed by atoms with van der Waals surface area (Å²) in [5.41, 5.74) is 2.82. The van der Waals surface area contributed by atoms with Crippen molar-refractivity contribution in [1.29, 1.82) is 0 Å². The molecule has 3 aromatic carbocycles. The summed E-state index contributed by atoms with van der Waals surface area (Å²) < 4.78 is 30.4. The first-order valence-corrected chi connectivity index (χ1v) is 25.4. The minimum Gasteiger partial charge on any atom is -0.481 e. The third-order valence-corrected chi connectivity index (χ3v) is 12.1. The summed E-state index contributed by atoms with van der Waals surface area (Å²) in [5, 5.41) is 17.9. The second-order valence-electron chi connectivity index (χ2n) is 18.1. The number of aliphatic hydroxyl groups excluding tert-OH is 1. The molecule has 0 aromatic heterocycles. The van der Waals surface area contributed by atoms with Crippen molar-refractivity contribution >= 4 is 66.5 Å². The van der Waals surface area contributed by atoms with Gasteiger partial charge in [-0.3, -0.25) is 28.8 Å². The summed E-state index contributed by atoms with van der Waals surface area (Å²) in [6, 6.07) is 28.4. The zero-order chi connectivity index (χ0) is 55.8. The maximum Gasteiger partial charge on any atom is 0.410 e. The number of likely N-dealkylation sites (tertiary alicyclic amines) is 3. The molecule has 3 aromatic rings. The molecule has 0 spiro atoms. The van der Waals surface area contributed by atoms with Crippen LogP contribution in [0.15, 0.2) is 91.0 Å². The van der Waals surface area contributed by atoms with Gasteiger partial charge in [-0.1, -0.05) is 91.0 Å². The third-order valence-electron chi connectivity index (χ3n) is 12.1. The van der Waals surface area contributed by atoms with Crippen LogP contribution in [-0.2, 0) is 86.6 Å². The lowest BCUT2D eigenvalue weighted by molar-refractivity contribution is -0.154. The highest BCUT2D eigenvalue weighted by Gasteiger charge is 2.28. The number of hydrogen-bond donors (Lipinski definition) is 2. The summed E-state index contributed by atoms with van der Waals surface area (Å²) >= 11 is 0. The van der Waals surface area contributed by atoms with E-state index in [0.29, 0.717) is 97.0 Å². The Bertz CT molecular complexity index is 2340. The summed E-state index contributed by atoms with van der Waals surface area (Å²) in [5.74, 6) is -4.12. The number of aliphatic carboxylic acids is 1. The van der Waals surface area contributed by atoms with Gasteiger partial charge in [0.2, 0.25) is 0 Å². The number of carboxylic acids is 1. The van der Waals surface area contributed by atoms with E-state index in [1.54, 1.807) is 14.7 Å². The maximum atomic E-state index is 12.1. The first-order valence-electron chi connectivity index (χ1n) is 25.4. The van der Waals surface area contributed by atoms with Crippen LogP contribution in [0.5, 0.6) is 0 Å². The molecule has 2 N–H and O–H groups in total. The lowest BCUT2D eigenvalue weighted by Crippen LogP contribution is -2.41. The Hall–Kier alpha value is -8.01. The zero-order valence-electron chi connectivity index (χ0n) is 42.9. The number of carbonyl (C=O) groups excluding carboxylic acids is 10. The van der Waals surface area contributed by atoms with E-state index >= 15 is 0 Å². The van der Waals surface area contributed by atoms with E-state index in [2.05, 4.69) is 4.74 Å². The Kier molecular flexibility index (Phi) is 27.6. The number of ketones is 1. The van der Waals surface area contributed by atoms with Crippen LogP contribution >= 0.6 is 0 Å². The number of aliphatic hydroxyl groups is 1. The van der Waals surface area contributed by atoms with Crippen molar-refractivity contribution < 1.29 is 91.4 Å². The highest BCUT2D eigenvalue weighted by atomic mass is 16.6. The van der Waals surface area contributed by atoms with Gasteiger partial charge in [-0.2, -0.15) is 0 Å². The number of ether oxygens (including phenoxy) is 6. The van der Waals surface area contributed by atoms with Crippen LogP contribution in [0.25, 0.3) is 0 Å². The van der Waals surface area contributed by atoms with E-state index in [-0.39, 0.29) is 94.4 Å². The van der Waals surface area contributed by atoms with Gasteiger partial charge in [0, 0.05) is 77.8 Å². The van der Waals surface area contributed by atoms with E-state index < -0.39 is 41.9 Å². The summed E-state index contributed by atoms with van der Waals surface area (Å²) in [7, 11) is 0. The molecule has 4 fully saturated rings. The molecule has 7 rings (SSSR count). The SMILES string of the molecule is O=C(O)CCC(=O)OC1CCN(C(=O)OCc2ccccc2)CC1.O=C(OCc1ccccc1)N1CCC(O)CC1.O=C1CCC(=O)O1.O=CC(C=O)CC(=O)CCC(=O)OC1CCN(C(=O)OCc2ccccc2)CC1. The fourth-order valence-corrected chi connectivity index (χ4v) is 7.66. The highest BCUT2D eigenvalue weighted by Crippen LogP contribution is 2.19. The summed E-state index contributed by atoms with van der Waals surface area (Å²) in [6.45, 7) is 3.63. The second kappa shape index (κ2) is 34.5. The fraction of sp³-hybridized carbons (Fsp3) is 0.473. The largest absolute Gasteiger partial charge is 0.481 e. The Morgan fingerprint density at radius 3 is 1.17 bits per heavy atom. The molecule has 4 heterocycles. The Balaban J connectivity index is 0.000000239. The lowest BCUT2D eigenvalue weighted by atomic mass is 10.0. The van der Waals surface area contributed by atoms with Crippen molar-refractivity contribution in [2.24, 2.45) is 5.92 Å². The maximum absolute atomic E-state index is 12.1. The first kappa shape index (κ1) is 61.5. The number of nitrogens with zero attached hydrogens (tertiary/aromatic N) is 3. The number of aldehydes is 2. The van der Waals surface area contributed by atoms with Gasteiger partial charge in [0.05, 0.1) is 44.1 Å². The minimum absolute atomic E-state index is 0.0678. The van der Waals surface area contributed by atoms with Gasteiger partial charge in [-0.05, 0) is 29.5 Å². The number of esters is 4. The molecule has 0 bridgehead atoms. The third kappa shape index (κ3) is 25.4. The monoisotopic (exact) mass is 1070 g/mol. The lowest BCUT2D eigenvalue weighted by Gasteiger charge is -2.31. The Morgan fingerprint density at radius 1 is 0.519 bits per heavy atom. The van der Waals surface area contributed by atoms with Gasteiger partial charge < -0.3 is 62.9 Å². The molecule has 22 nitrogen and oxygen atoms in total. The molecule has 4 aliphatic rings. The number of hydrogen-bond acceptors (Lipinski definition) is 18. The van der Waals surface area contributed by atoms with E-state index in [4.69, 9.17) is 28.8 Å². The van der Waals surface area contributed by atoms with Gasteiger partial charge in [0.25, 0.3) is 0 Å². The predicted octanol–water partition coefficient (Wildman–Crippen LogP) is 5.91. The quantitative estimate of drug-likeness (QED) is 0.0647. The molecule has 4 aliphatic heterocycles. The smallest absolute Gasteiger partial charge is 0.410 e. The van der Waals surface area contributed by atoms with Gasteiger partial charge in [0.15, 0.2) is 0 Å². The molecular formula is C55H67N3O19. The minimum atomic E-state index is -1.03. The van der Waals surface area contributed by atoms with Crippen molar-refractivity contribution in [2.45, 2.75) is 122 Å². The zero-order valence-corrected chi connectivity index (χ0v) is 42.9. The molecule has 0 atom stereocenters. The average Bonchev–Trinajstić information content (AvgIpc) is 3.84. The van der Waals surface area contributed by atoms with Crippen LogP contribution < -0.4 is 0 Å². The van der Waals surface area contributed by atoms with Gasteiger partial charge in [0.1, 0.15) is 50.4 Å². The molecule has 0 saturated carbocycles. The molecule has 0 radical (unpaired) electrons. The van der Waals surface area contributed by atoms with Crippen LogP contribution in [-0.4, -0.2) is 149 Å². The van der Waals surface area contributed by atoms with Gasteiger partial charge in [-0.25, -0.2) is 14.4 Å². The van der Waals surface area contributed by atoms with E-state index in [1.165, 1.54) is 0 Å². The fourth-order valence-electron chi connectivity index (χ4n) is 7.66. The van der Waals surface area contributed by atoms with Crippen LogP contribution in [0.3, 0.4) is 0 Å². The standard InChI is InChI=1S/C21H25NO7.C17H21NO6.C13H17NO3.C4H4O3/c23-13-17(14-24)12-18(25)6-7-20(26)29-19-8-10-22(11-9-19)21(27)28-15-16-4-2-1-3-5-16;19-15(20)6-7-16(21)24-14-8-10-18(11-9-14)17(22)23-12-13-4-2-1-3-5-13;15-12-6-8-14(9-7-12)13(16)17-10-11-4-2-1-3-5-11;5-3-1-2-4(6)7-3/h1-5,13-14,17,19H,6-12,15H2;1-5,14H,6-12H2,(H,19,20);1-5,12,15H,6-10H2;1-2H2. The van der Waals surface area contributed by atoms with E-state index in [9.17, 15) is 57.8 Å². The van der Waals surface area contributed by atoms with Crippen molar-refractivity contribution in [3.63, 3.8) is 0 Å². The Labute approximate surface area is 445 Å². The molecule has 22 heteroatoms. The van der Waals surface area contributed by atoms with Crippen molar-refractivity contribution in [3.8, 4) is 0 Å². The van der Waals surface area contributed by atoms with E-state index in [0.717, 1.165) is 16.7 Å². The topological polar surface area (TPSA) is 293 Å².